The predicted octanol–water partition coefficient (Wildman–Crippen LogP) is 3.65. The number of sulfonamides is 1. The number of aromatic nitrogens is 1. The predicted molar refractivity (Wildman–Crippen MR) is 113 cm³/mol. The van der Waals surface area contributed by atoms with Crippen LogP contribution in [-0.2, 0) is 14.8 Å². The number of aryl methyl sites for hydroxylation is 1. The Kier molecular flexibility index (Phi) is 5.65. The van der Waals surface area contributed by atoms with Crippen LogP contribution in [0.1, 0.15) is 17.5 Å². The van der Waals surface area contributed by atoms with E-state index in [1.165, 1.54) is 4.31 Å². The van der Waals surface area contributed by atoms with Gasteiger partial charge in [-0.25, -0.2) is 8.42 Å². The highest BCUT2D eigenvalue weighted by Gasteiger charge is 2.21. The molecule has 0 unspecified atom stereocenters. The van der Waals surface area contributed by atoms with Crippen LogP contribution in [0.25, 0.3) is 10.9 Å². The quantitative estimate of drug-likeness (QED) is 0.689. The third-order valence-electron chi connectivity index (χ3n) is 4.69. The Labute approximate surface area is 165 Å². The van der Waals surface area contributed by atoms with Crippen molar-refractivity contribution in [2.75, 3.05) is 22.4 Å². The van der Waals surface area contributed by atoms with E-state index in [1.54, 1.807) is 18.3 Å². The van der Waals surface area contributed by atoms with E-state index in [4.69, 9.17) is 0 Å². The van der Waals surface area contributed by atoms with Crippen molar-refractivity contribution in [2.24, 2.45) is 0 Å². The Balaban J connectivity index is 1.78. The first kappa shape index (κ1) is 19.8. The van der Waals surface area contributed by atoms with Gasteiger partial charge >= 0.3 is 0 Å². The molecule has 1 aromatic heterocycles. The van der Waals surface area contributed by atoms with Gasteiger partial charge in [0.1, 0.15) is 0 Å². The minimum absolute atomic E-state index is 0.0314. The summed E-state index contributed by atoms with van der Waals surface area (Å²) in [4.78, 5) is 16.8. The lowest BCUT2D eigenvalue weighted by Crippen LogP contribution is -2.33. The number of hydrogen-bond acceptors (Lipinski definition) is 4. The van der Waals surface area contributed by atoms with Gasteiger partial charge in [-0.2, -0.15) is 0 Å². The van der Waals surface area contributed by atoms with Gasteiger partial charge in [-0.15, -0.1) is 0 Å². The average molecular weight is 398 g/mol. The van der Waals surface area contributed by atoms with Crippen molar-refractivity contribution >= 4 is 38.2 Å². The minimum atomic E-state index is -3.52. The summed E-state index contributed by atoms with van der Waals surface area (Å²) in [5.74, 6) is -0.267. The van der Waals surface area contributed by atoms with Gasteiger partial charge in [0.15, 0.2) is 0 Å². The normalized spacial score (nSPS) is 11.4. The van der Waals surface area contributed by atoms with E-state index in [9.17, 15) is 13.2 Å². The number of carbonyl (C=O) groups is 1. The van der Waals surface area contributed by atoms with Gasteiger partial charge in [-0.1, -0.05) is 30.3 Å². The van der Waals surface area contributed by atoms with Crippen LogP contribution >= 0.6 is 0 Å². The molecular formula is C21H23N3O3S. The van der Waals surface area contributed by atoms with E-state index in [0.717, 1.165) is 22.8 Å². The molecule has 0 radical (unpaired) electrons. The van der Waals surface area contributed by atoms with Crippen molar-refractivity contribution in [3.8, 4) is 0 Å². The molecule has 0 aliphatic carbocycles. The van der Waals surface area contributed by atoms with Crippen LogP contribution in [-0.4, -0.2) is 32.1 Å². The standard InChI is InChI=1S/C21H23N3O3S/c1-15-7-4-11-19(16(15)2)24(28(3,26)27)14-12-20(25)23-18-10-5-8-17-9-6-13-22-21(17)18/h4-11,13H,12,14H2,1-3H3,(H,23,25). The van der Waals surface area contributed by atoms with Gasteiger partial charge < -0.3 is 5.32 Å². The largest absolute Gasteiger partial charge is 0.324 e. The third-order valence-corrected chi connectivity index (χ3v) is 5.87. The fraction of sp³-hybridized carbons (Fsp3) is 0.238. The highest BCUT2D eigenvalue weighted by molar-refractivity contribution is 7.92. The molecule has 0 saturated heterocycles. The Bertz CT molecular complexity index is 1120. The van der Waals surface area contributed by atoms with Gasteiger partial charge in [0.25, 0.3) is 0 Å². The maximum atomic E-state index is 12.5. The molecule has 1 heterocycles. The molecule has 0 bridgehead atoms. The molecule has 1 N–H and O–H groups in total. The fourth-order valence-corrected chi connectivity index (χ4v) is 4.07. The second-order valence-corrected chi connectivity index (χ2v) is 8.64. The van der Waals surface area contributed by atoms with Crippen molar-refractivity contribution in [1.82, 2.24) is 4.98 Å². The van der Waals surface area contributed by atoms with E-state index in [0.29, 0.717) is 16.9 Å². The summed E-state index contributed by atoms with van der Waals surface area (Å²) in [5, 5.41) is 3.77. The van der Waals surface area contributed by atoms with Crippen LogP contribution in [0.5, 0.6) is 0 Å². The van der Waals surface area contributed by atoms with E-state index in [1.807, 2.05) is 50.2 Å². The number of carbonyl (C=O) groups excluding carboxylic acids is 1. The van der Waals surface area contributed by atoms with E-state index < -0.39 is 10.0 Å². The molecule has 0 saturated carbocycles. The second-order valence-electron chi connectivity index (χ2n) is 6.73. The van der Waals surface area contributed by atoms with Crippen LogP contribution in [0.2, 0.25) is 0 Å². The Morgan fingerprint density at radius 3 is 2.54 bits per heavy atom. The molecule has 1 amide bonds. The zero-order chi connectivity index (χ0) is 20.3. The molecule has 3 aromatic rings. The zero-order valence-electron chi connectivity index (χ0n) is 16.1. The molecule has 146 valence electrons. The summed E-state index contributed by atoms with van der Waals surface area (Å²) in [6.07, 6.45) is 2.86. The number of benzene rings is 2. The average Bonchev–Trinajstić information content (AvgIpc) is 2.64. The molecule has 2 aromatic carbocycles. The summed E-state index contributed by atoms with van der Waals surface area (Å²) < 4.78 is 25.9. The topological polar surface area (TPSA) is 79.4 Å². The van der Waals surface area contributed by atoms with Crippen LogP contribution < -0.4 is 9.62 Å². The summed E-state index contributed by atoms with van der Waals surface area (Å²) in [5.41, 5.74) is 3.79. The maximum absolute atomic E-state index is 12.5. The van der Waals surface area contributed by atoms with E-state index >= 15 is 0 Å². The summed E-state index contributed by atoms with van der Waals surface area (Å²) in [6.45, 7) is 3.87. The zero-order valence-corrected chi connectivity index (χ0v) is 17.0. The monoisotopic (exact) mass is 397 g/mol. The molecular weight excluding hydrogens is 374 g/mol. The number of fused-ring (bicyclic) bond motifs is 1. The first-order chi connectivity index (χ1) is 13.3. The lowest BCUT2D eigenvalue weighted by Gasteiger charge is -2.24. The molecule has 7 heteroatoms. The summed E-state index contributed by atoms with van der Waals surface area (Å²) >= 11 is 0. The molecule has 6 nitrogen and oxygen atoms in total. The van der Waals surface area contributed by atoms with Gasteiger partial charge in [-0.3, -0.25) is 14.1 Å². The lowest BCUT2D eigenvalue weighted by atomic mass is 10.1. The number of amides is 1. The number of rotatable bonds is 6. The van der Waals surface area contributed by atoms with Crippen molar-refractivity contribution in [3.63, 3.8) is 0 Å². The molecule has 28 heavy (non-hydrogen) atoms. The van der Waals surface area contributed by atoms with Gasteiger partial charge in [0.05, 0.1) is 23.1 Å². The van der Waals surface area contributed by atoms with Crippen LogP contribution in [0.15, 0.2) is 54.7 Å². The molecule has 0 atom stereocenters. The smallest absolute Gasteiger partial charge is 0.232 e. The van der Waals surface area contributed by atoms with Gasteiger partial charge in [0.2, 0.25) is 15.9 Å². The van der Waals surface area contributed by atoms with Crippen LogP contribution in [0.3, 0.4) is 0 Å². The van der Waals surface area contributed by atoms with Crippen LogP contribution in [0, 0.1) is 13.8 Å². The molecule has 3 rings (SSSR count). The highest BCUT2D eigenvalue weighted by atomic mass is 32.2. The SMILES string of the molecule is Cc1cccc(N(CCC(=O)Nc2cccc3cccnc23)S(C)(=O)=O)c1C. The molecule has 0 aliphatic heterocycles. The number of nitrogens with one attached hydrogen (secondary N) is 1. The van der Waals surface area contributed by atoms with Crippen molar-refractivity contribution < 1.29 is 13.2 Å². The van der Waals surface area contributed by atoms with Gasteiger partial charge in [-0.05, 0) is 43.2 Å². The Morgan fingerprint density at radius 2 is 1.79 bits per heavy atom. The fourth-order valence-electron chi connectivity index (χ4n) is 3.09. The number of nitrogens with zero attached hydrogens (tertiary/aromatic N) is 2. The summed E-state index contributed by atoms with van der Waals surface area (Å²) in [7, 11) is -3.52. The number of hydrogen-bond donors (Lipinski definition) is 1. The highest BCUT2D eigenvalue weighted by Crippen LogP contribution is 2.25. The number of para-hydroxylation sites is 1. The van der Waals surface area contributed by atoms with Crippen molar-refractivity contribution in [2.45, 2.75) is 20.3 Å². The van der Waals surface area contributed by atoms with E-state index in [2.05, 4.69) is 10.3 Å². The van der Waals surface area contributed by atoms with Gasteiger partial charge in [0, 0.05) is 24.5 Å². The maximum Gasteiger partial charge on any atom is 0.232 e. The lowest BCUT2D eigenvalue weighted by molar-refractivity contribution is -0.116. The van der Waals surface area contributed by atoms with E-state index in [-0.39, 0.29) is 18.9 Å². The Morgan fingerprint density at radius 1 is 1.07 bits per heavy atom. The summed E-state index contributed by atoms with van der Waals surface area (Å²) in [6, 6.07) is 14.8. The first-order valence-electron chi connectivity index (χ1n) is 8.95. The second kappa shape index (κ2) is 7.98. The van der Waals surface area contributed by atoms with Crippen molar-refractivity contribution in [3.05, 3.63) is 65.9 Å². The number of anilines is 2. The first-order valence-corrected chi connectivity index (χ1v) is 10.8. The number of pyridine rings is 1. The van der Waals surface area contributed by atoms with Crippen molar-refractivity contribution in [1.29, 1.82) is 0 Å². The Hall–Kier alpha value is -2.93. The molecule has 0 fully saturated rings. The minimum Gasteiger partial charge on any atom is -0.324 e. The third kappa shape index (κ3) is 4.31. The molecule has 0 aliphatic rings. The molecule has 0 spiro atoms. The van der Waals surface area contributed by atoms with Crippen LogP contribution in [0.4, 0.5) is 11.4 Å².